The third-order valence-electron chi connectivity index (χ3n) is 4.66. The average Bonchev–Trinajstić information content (AvgIpc) is 2.62. The van der Waals surface area contributed by atoms with Crippen molar-refractivity contribution < 1.29 is 9.69 Å². The number of fused-ring (bicyclic) bond motifs is 1. The third kappa shape index (κ3) is 3.17. The fraction of sp³-hybridized carbons (Fsp3) is 0.333. The first-order valence-corrected chi connectivity index (χ1v) is 8.42. The Hall–Kier alpha value is -3.18. The summed E-state index contributed by atoms with van der Waals surface area (Å²) in [6.45, 7) is 5.19. The van der Waals surface area contributed by atoms with E-state index in [0.717, 1.165) is 31.7 Å². The predicted molar refractivity (Wildman–Crippen MR) is 97.8 cm³/mol. The monoisotopic (exact) mass is 353 g/mol. The number of primary amides is 1. The molecule has 0 aromatic carbocycles. The second-order valence-electron chi connectivity index (χ2n) is 6.52. The standard InChI is InChI=1S/C18H20N6O2/c1-12-4-3-5-24-16(12)21-17(23-8-6-22(2)7-9-23)14(18(24)26)10-13(11-19)15(20)25/h3-5,10H,6-9H2,1-2H3,(H2,20,25)/p+1/b13-10+. The molecule has 3 N–H and O–H groups in total. The Morgan fingerprint density at radius 1 is 1.42 bits per heavy atom. The predicted octanol–water partition coefficient (Wildman–Crippen LogP) is -1.27. The van der Waals surface area contributed by atoms with E-state index in [-0.39, 0.29) is 16.7 Å². The average molecular weight is 353 g/mol. The number of anilines is 1. The molecule has 1 aliphatic rings. The maximum Gasteiger partial charge on any atom is 0.267 e. The summed E-state index contributed by atoms with van der Waals surface area (Å²) >= 11 is 0. The van der Waals surface area contributed by atoms with Gasteiger partial charge in [0.05, 0.1) is 38.8 Å². The number of likely N-dealkylation sites (N-methyl/N-ethyl adjacent to an activating group) is 1. The van der Waals surface area contributed by atoms with Gasteiger partial charge in [-0.3, -0.25) is 14.0 Å². The molecule has 0 spiro atoms. The van der Waals surface area contributed by atoms with Crippen LogP contribution in [0.25, 0.3) is 11.7 Å². The number of aryl methyl sites for hydroxylation is 1. The van der Waals surface area contributed by atoms with Crippen LogP contribution in [0.3, 0.4) is 0 Å². The van der Waals surface area contributed by atoms with Gasteiger partial charge in [0.2, 0.25) is 0 Å². The Morgan fingerprint density at radius 2 is 2.12 bits per heavy atom. The molecule has 2 aromatic heterocycles. The first kappa shape index (κ1) is 17.6. The van der Waals surface area contributed by atoms with Crippen molar-refractivity contribution in [2.45, 2.75) is 6.92 Å². The van der Waals surface area contributed by atoms with Crippen LogP contribution in [-0.2, 0) is 4.79 Å². The van der Waals surface area contributed by atoms with Gasteiger partial charge in [0.25, 0.3) is 11.5 Å². The van der Waals surface area contributed by atoms with Crippen LogP contribution in [0.5, 0.6) is 0 Å². The second kappa shape index (κ2) is 6.98. The zero-order valence-corrected chi connectivity index (χ0v) is 14.8. The molecule has 0 saturated carbocycles. The third-order valence-corrected chi connectivity index (χ3v) is 4.66. The van der Waals surface area contributed by atoms with Gasteiger partial charge < -0.3 is 15.5 Å². The topological polar surface area (TPSA) is 109 Å². The zero-order valence-electron chi connectivity index (χ0n) is 14.8. The number of piperazine rings is 1. The number of nitriles is 1. The molecule has 134 valence electrons. The maximum absolute atomic E-state index is 13.1. The minimum atomic E-state index is -0.866. The Morgan fingerprint density at radius 3 is 2.73 bits per heavy atom. The van der Waals surface area contributed by atoms with Crippen LogP contribution in [0.2, 0.25) is 0 Å². The van der Waals surface area contributed by atoms with Crippen LogP contribution in [0.15, 0.2) is 28.7 Å². The normalized spacial score (nSPS) is 15.9. The molecule has 8 nitrogen and oxygen atoms in total. The summed E-state index contributed by atoms with van der Waals surface area (Å²) in [6.07, 6.45) is 2.89. The van der Waals surface area contributed by atoms with Gasteiger partial charge in [-0.1, -0.05) is 6.07 Å². The van der Waals surface area contributed by atoms with Gasteiger partial charge in [0.1, 0.15) is 23.1 Å². The molecule has 0 aliphatic carbocycles. The lowest BCUT2D eigenvalue weighted by atomic mass is 10.1. The van der Waals surface area contributed by atoms with Crippen LogP contribution in [0.4, 0.5) is 5.82 Å². The van der Waals surface area contributed by atoms with Crippen molar-refractivity contribution in [3.63, 3.8) is 0 Å². The summed E-state index contributed by atoms with van der Waals surface area (Å²) in [6, 6.07) is 5.41. The largest absolute Gasteiger partial charge is 0.365 e. The van der Waals surface area contributed by atoms with Gasteiger partial charge in [-0.2, -0.15) is 5.26 Å². The molecule has 1 fully saturated rings. The molecule has 0 atom stereocenters. The van der Waals surface area contributed by atoms with Gasteiger partial charge >= 0.3 is 0 Å². The molecule has 1 saturated heterocycles. The van der Waals surface area contributed by atoms with Gasteiger partial charge in [0.15, 0.2) is 0 Å². The van der Waals surface area contributed by atoms with E-state index in [1.54, 1.807) is 18.3 Å². The van der Waals surface area contributed by atoms with E-state index in [1.165, 1.54) is 15.4 Å². The molecule has 0 radical (unpaired) electrons. The quantitative estimate of drug-likeness (QED) is 0.528. The molecule has 1 aliphatic heterocycles. The van der Waals surface area contributed by atoms with Crippen molar-refractivity contribution in [1.82, 2.24) is 9.38 Å². The molecule has 3 heterocycles. The minimum absolute atomic E-state index is 0.211. The van der Waals surface area contributed by atoms with Gasteiger partial charge in [-0.25, -0.2) is 4.98 Å². The highest BCUT2D eigenvalue weighted by molar-refractivity contribution is 6.01. The number of pyridine rings is 1. The Labute approximate surface area is 150 Å². The molecule has 1 amide bonds. The molecule has 26 heavy (non-hydrogen) atoms. The number of nitrogens with zero attached hydrogens (tertiary/aromatic N) is 4. The molecule has 0 unspecified atom stereocenters. The number of nitrogens with one attached hydrogen (secondary N) is 1. The summed E-state index contributed by atoms with van der Waals surface area (Å²) in [4.78, 5) is 32.7. The van der Waals surface area contributed by atoms with E-state index >= 15 is 0 Å². The number of hydrogen-bond donors (Lipinski definition) is 2. The fourth-order valence-corrected chi connectivity index (χ4v) is 3.07. The van der Waals surface area contributed by atoms with E-state index in [2.05, 4.69) is 7.05 Å². The number of aromatic nitrogens is 2. The number of carbonyl (C=O) groups excluding carboxylic acids is 1. The van der Waals surface area contributed by atoms with Crippen LogP contribution in [0, 0.1) is 18.3 Å². The van der Waals surface area contributed by atoms with E-state index in [1.807, 2.05) is 17.9 Å². The van der Waals surface area contributed by atoms with Crippen molar-refractivity contribution in [1.29, 1.82) is 5.26 Å². The number of hydrogen-bond acceptors (Lipinski definition) is 5. The Bertz CT molecular complexity index is 993. The Kier molecular flexibility index (Phi) is 4.73. The lowest BCUT2D eigenvalue weighted by Gasteiger charge is -2.31. The SMILES string of the molecule is Cc1cccn2c(=O)c(/C=C(\C#N)C(N)=O)c(N3CC[NH+](C)CC3)nc12. The van der Waals surface area contributed by atoms with E-state index in [4.69, 9.17) is 10.7 Å². The minimum Gasteiger partial charge on any atom is -0.365 e. The molecule has 0 bridgehead atoms. The molecule has 8 heteroatoms. The Balaban J connectivity index is 2.28. The highest BCUT2D eigenvalue weighted by Crippen LogP contribution is 2.20. The lowest BCUT2D eigenvalue weighted by Crippen LogP contribution is -3.12. The maximum atomic E-state index is 13.1. The zero-order chi connectivity index (χ0) is 18.8. The van der Waals surface area contributed by atoms with Crippen LogP contribution < -0.4 is 21.1 Å². The van der Waals surface area contributed by atoms with E-state index in [0.29, 0.717) is 11.5 Å². The summed E-state index contributed by atoms with van der Waals surface area (Å²) in [5.74, 6) is -0.374. The van der Waals surface area contributed by atoms with Crippen molar-refractivity contribution in [2.24, 2.45) is 5.73 Å². The van der Waals surface area contributed by atoms with Crippen LogP contribution in [0.1, 0.15) is 11.1 Å². The number of nitrogens with two attached hydrogens (primary N) is 1. The molecular weight excluding hydrogens is 332 g/mol. The van der Waals surface area contributed by atoms with Gasteiger partial charge in [0, 0.05) is 6.20 Å². The lowest BCUT2D eigenvalue weighted by molar-refractivity contribution is -0.880. The number of rotatable bonds is 3. The van der Waals surface area contributed by atoms with E-state index in [9.17, 15) is 14.9 Å². The van der Waals surface area contributed by atoms with Crippen LogP contribution in [-0.4, -0.2) is 48.5 Å². The number of quaternary nitrogens is 1. The van der Waals surface area contributed by atoms with E-state index < -0.39 is 5.91 Å². The van der Waals surface area contributed by atoms with Crippen molar-refractivity contribution in [2.75, 3.05) is 38.1 Å². The van der Waals surface area contributed by atoms with Gasteiger partial charge in [-0.05, 0) is 24.6 Å². The summed E-state index contributed by atoms with van der Waals surface area (Å²) in [7, 11) is 2.12. The van der Waals surface area contributed by atoms with Crippen molar-refractivity contribution in [3.8, 4) is 6.07 Å². The van der Waals surface area contributed by atoms with Gasteiger partial charge in [-0.15, -0.1) is 0 Å². The first-order chi connectivity index (χ1) is 12.4. The first-order valence-electron chi connectivity index (χ1n) is 8.42. The summed E-state index contributed by atoms with van der Waals surface area (Å²) in [5.41, 5.74) is 6.31. The van der Waals surface area contributed by atoms with Crippen molar-refractivity contribution >= 4 is 23.4 Å². The van der Waals surface area contributed by atoms with Crippen LogP contribution >= 0.6 is 0 Å². The smallest absolute Gasteiger partial charge is 0.267 e. The second-order valence-corrected chi connectivity index (χ2v) is 6.52. The number of carbonyl (C=O) groups is 1. The van der Waals surface area contributed by atoms with Crippen molar-refractivity contribution in [3.05, 3.63) is 45.4 Å². The molecular formula is C18H21N6O2+. The molecule has 2 aromatic rings. The fourth-order valence-electron chi connectivity index (χ4n) is 3.07. The highest BCUT2D eigenvalue weighted by atomic mass is 16.1. The molecule has 3 rings (SSSR count). The summed E-state index contributed by atoms with van der Waals surface area (Å²) in [5, 5.41) is 9.18. The highest BCUT2D eigenvalue weighted by Gasteiger charge is 2.23. The summed E-state index contributed by atoms with van der Waals surface area (Å²) < 4.78 is 1.43. The number of amides is 1.